The molecule has 2 aliphatic rings. The van der Waals surface area contributed by atoms with Gasteiger partial charge in [-0.15, -0.1) is 0 Å². The average molecular weight is 869 g/mol. The first-order chi connectivity index (χ1) is 22.1. The van der Waals surface area contributed by atoms with Gasteiger partial charge in [-0.3, -0.25) is 28.0 Å². The minimum atomic E-state index is -6.19. The second-order valence-electron chi connectivity index (χ2n) is 9.75. The summed E-state index contributed by atoms with van der Waals surface area (Å²) in [6, 6.07) is 2.13. The summed E-state index contributed by atoms with van der Waals surface area (Å²) in [4.78, 5) is 79.6. The summed E-state index contributed by atoms with van der Waals surface area (Å²) < 4.78 is 81.2. The number of rotatable bonds is 14. The van der Waals surface area contributed by atoms with E-state index in [2.05, 4.69) is 27.0 Å². The minimum absolute atomic E-state index is 0. The zero-order valence-electron chi connectivity index (χ0n) is 31.5. The Kier molecular flexibility index (Phi) is 22.4. The van der Waals surface area contributed by atoms with Crippen molar-refractivity contribution in [2.75, 3.05) is 18.9 Å². The van der Waals surface area contributed by atoms with Gasteiger partial charge in [0.25, 0.3) is 5.56 Å². The van der Waals surface area contributed by atoms with Crippen molar-refractivity contribution in [1.82, 2.24) is 19.1 Å². The van der Waals surface area contributed by atoms with Crippen molar-refractivity contribution in [3.63, 3.8) is 0 Å². The van der Waals surface area contributed by atoms with Crippen LogP contribution in [-0.4, -0.2) is 97.7 Å². The van der Waals surface area contributed by atoms with Crippen LogP contribution in [0.5, 0.6) is 0 Å². The Morgan fingerprint density at radius 2 is 1.29 bits per heavy atom. The molecule has 0 aromatic carbocycles. The van der Waals surface area contributed by atoms with Crippen LogP contribution in [0.3, 0.4) is 0 Å². The molecule has 2 aromatic rings. The molecule has 4 rings (SSSR count). The Balaban J connectivity index is -0.00000108. The third-order valence-electron chi connectivity index (χ3n) is 6.25. The molecule has 0 radical (unpaired) electrons. The van der Waals surface area contributed by atoms with E-state index in [1.165, 1.54) is 12.3 Å². The molecule has 52 heavy (non-hydrogen) atoms. The smallest absolute Gasteiger partial charge is 1.00 e. The van der Waals surface area contributed by atoms with E-state index in [1.807, 2.05) is 4.98 Å². The molecular formula is C18H31N5Na4O21P4. The number of phosphoric ester groups is 2. The monoisotopic (exact) mass is 869 g/mol. The molecule has 34 heteroatoms. The van der Waals surface area contributed by atoms with E-state index in [-0.39, 0.29) is 136 Å². The van der Waals surface area contributed by atoms with Crippen molar-refractivity contribution in [2.24, 2.45) is 0 Å². The quantitative estimate of drug-likeness (QED) is 0.0629. The molecule has 2 saturated heterocycles. The van der Waals surface area contributed by atoms with Crippen LogP contribution in [0.4, 0.5) is 5.82 Å². The van der Waals surface area contributed by atoms with E-state index in [0.29, 0.717) is 4.57 Å². The molecule has 0 spiro atoms. The van der Waals surface area contributed by atoms with Crippen LogP contribution < -0.4 is 141 Å². The number of phosphoric acid groups is 4. The number of nitrogens with one attached hydrogen (secondary N) is 1. The van der Waals surface area contributed by atoms with Crippen LogP contribution in [-0.2, 0) is 49.7 Å². The van der Waals surface area contributed by atoms with Gasteiger partial charge >= 0.3 is 161 Å². The number of nitrogens with two attached hydrogens (primary N) is 1. The van der Waals surface area contributed by atoms with E-state index >= 15 is 0 Å². The summed E-state index contributed by atoms with van der Waals surface area (Å²) in [6.45, 7) is -2.20. The van der Waals surface area contributed by atoms with Gasteiger partial charge in [0.1, 0.15) is 36.5 Å². The summed E-state index contributed by atoms with van der Waals surface area (Å²) in [7, 11) is -23.8. The molecule has 11 atom stereocenters. The van der Waals surface area contributed by atoms with Crippen molar-refractivity contribution in [3.05, 3.63) is 55.8 Å². The predicted molar refractivity (Wildman–Crippen MR) is 154 cm³/mol. The number of nitrogens with zero attached hydrogens (tertiary/aromatic N) is 3. The number of aromatic nitrogens is 4. The number of aliphatic hydroxyl groups is 3. The zero-order chi connectivity index (χ0) is 35.8. The molecule has 4 heterocycles. The number of anilines is 1. The van der Waals surface area contributed by atoms with Crippen LogP contribution >= 0.6 is 31.3 Å². The molecule has 2 aliphatic heterocycles. The van der Waals surface area contributed by atoms with Crippen LogP contribution in [0.15, 0.2) is 38.9 Å². The fourth-order valence-corrected chi connectivity index (χ4v) is 9.16. The summed E-state index contributed by atoms with van der Waals surface area (Å²) in [5, 5.41) is 30.5. The fourth-order valence-electron chi connectivity index (χ4n) is 4.21. The molecule has 10 N–H and O–H groups in total. The summed E-state index contributed by atoms with van der Waals surface area (Å²) in [6.07, 6.45) is -9.25. The third kappa shape index (κ3) is 15.1. The van der Waals surface area contributed by atoms with Gasteiger partial charge in [-0.25, -0.2) is 27.8 Å². The van der Waals surface area contributed by atoms with Crippen LogP contribution in [0.25, 0.3) is 0 Å². The maximum atomic E-state index is 12.2. The molecule has 0 saturated carbocycles. The van der Waals surface area contributed by atoms with Crippen LogP contribution in [0, 0.1) is 0 Å². The number of hydrogen-bond acceptors (Lipinski definition) is 19. The second kappa shape index (κ2) is 21.6. The van der Waals surface area contributed by atoms with Gasteiger partial charge in [0, 0.05) is 24.9 Å². The van der Waals surface area contributed by atoms with E-state index in [1.54, 1.807) is 0 Å². The molecule has 2 aromatic heterocycles. The first-order valence-electron chi connectivity index (χ1n) is 12.8. The Hall–Kier alpha value is 1.72. The molecule has 278 valence electrons. The van der Waals surface area contributed by atoms with Crippen molar-refractivity contribution in [2.45, 2.75) is 49.4 Å². The largest absolute Gasteiger partial charge is 1.00 e. The van der Waals surface area contributed by atoms with Gasteiger partial charge in [-0.1, -0.05) is 0 Å². The Morgan fingerprint density at radius 3 is 1.81 bits per heavy atom. The maximum absolute atomic E-state index is 12.2. The average Bonchev–Trinajstić information content (AvgIpc) is 3.42. The predicted octanol–water partition coefficient (Wildman–Crippen LogP) is -14.4. The minimum Gasteiger partial charge on any atom is -1.00 e. The summed E-state index contributed by atoms with van der Waals surface area (Å²) in [5.74, 6) is -0.103. The van der Waals surface area contributed by atoms with E-state index in [9.17, 15) is 67.5 Å². The van der Waals surface area contributed by atoms with Crippen molar-refractivity contribution in [3.8, 4) is 0 Å². The Labute approximate surface area is 384 Å². The number of aromatic amines is 1. The van der Waals surface area contributed by atoms with Crippen LogP contribution in [0.1, 0.15) is 24.6 Å². The van der Waals surface area contributed by atoms with E-state index in [0.717, 1.165) is 16.8 Å². The fraction of sp³-hybridized carbons (Fsp3) is 0.556. The van der Waals surface area contributed by atoms with Crippen molar-refractivity contribution >= 4 is 37.1 Å². The number of nitrogen functional groups attached to an aromatic ring is 1. The molecule has 0 bridgehead atoms. The molecule has 0 aliphatic carbocycles. The third-order valence-corrected chi connectivity index (χ3v) is 12.2. The van der Waals surface area contributed by atoms with Gasteiger partial charge < -0.3 is 55.8 Å². The number of H-pyrrole nitrogens is 1. The van der Waals surface area contributed by atoms with Gasteiger partial charge in [0.2, 0.25) is 0 Å². The molecule has 5 unspecified atom stereocenters. The first-order valence-corrected chi connectivity index (χ1v) is 18.8. The molecular weight excluding hydrogens is 838 g/mol. The Morgan fingerprint density at radius 1 is 0.788 bits per heavy atom. The molecule has 0 amide bonds. The maximum Gasteiger partial charge on any atom is 1.00 e. The molecule has 26 nitrogen and oxygen atoms in total. The van der Waals surface area contributed by atoms with Gasteiger partial charge in [-0.05, 0) is 6.07 Å². The van der Waals surface area contributed by atoms with Crippen molar-refractivity contribution < 1.29 is 209 Å². The normalized spacial score (nSPS) is 28.6. The standard InChI is InChI=1S/C18H27N5O21P4.4Na.4H/c19-11-1-3-22(17(28)20-11)13-5-8(24)9(40-13)6-38-45(30,31)42-47(34,35)44-48(36,37)43-46(32,33)39-7-10-14(26)15(27)16(41-10)23-4-2-12(25)21-18(23)29;;;;;;;;/h1-4,8-10,13-16,24,26-27H,5-7H2,(H,30,31)(H,32,33)(H,34,35)(H,36,37)(H2,19,20,28)(H,21,25,29);;;;;;;;/q;4*+1;4*-1/t8-,9?,10+,13+,14+,15+,16+;;;;;;;;/m0......../s1. The summed E-state index contributed by atoms with van der Waals surface area (Å²) in [5.41, 5.74) is 2.68. The van der Waals surface area contributed by atoms with E-state index in [4.69, 9.17) is 15.2 Å². The van der Waals surface area contributed by atoms with E-state index < -0.39 is 104 Å². The van der Waals surface area contributed by atoms with Gasteiger partial charge in [-0.2, -0.15) is 17.9 Å². The summed E-state index contributed by atoms with van der Waals surface area (Å²) >= 11 is 0. The number of hydrogen-bond donors (Lipinski definition) is 9. The van der Waals surface area contributed by atoms with Crippen molar-refractivity contribution in [1.29, 1.82) is 0 Å². The first kappa shape index (κ1) is 53.7. The van der Waals surface area contributed by atoms with Gasteiger partial charge in [0.05, 0.1) is 19.3 Å². The second-order valence-corrected chi connectivity index (χ2v) is 16.0. The number of ether oxygens (including phenoxy) is 2. The molecule has 2 fully saturated rings. The van der Waals surface area contributed by atoms with Crippen LogP contribution in [0.2, 0.25) is 0 Å². The number of aliphatic hydroxyl groups excluding tert-OH is 3. The van der Waals surface area contributed by atoms with Gasteiger partial charge in [0.15, 0.2) is 6.23 Å². The SMILES string of the molecule is Nc1ccn([C@H]2C[C@H](O)C(COP(=O)(O)OP(=O)(O)OP(=O)(O)OP(=O)(O)OC[C@H]3O[C@@H](n4ccc(=O)[nH]c4=O)[C@H](O)[C@@H]3O)O2)c(=O)n1.[H-].[H-].[H-].[H-].[Na+].[Na+].[Na+].[Na+]. The topological polar surface area (TPSA) is 390 Å². The zero-order valence-corrected chi connectivity index (χ0v) is 39.1. The Bertz CT molecular complexity index is 1910.